The Morgan fingerprint density at radius 2 is 1.30 bits per heavy atom. The molecule has 0 aliphatic carbocycles. The van der Waals surface area contributed by atoms with Gasteiger partial charge in [0.1, 0.15) is 0 Å². The standard InChI is InChI=1S/C10H16N2O8/c1-7(19-17)12(8(2)20-18)4-3-11(5-9(13)14)6-10(15)16/h17-18H,1-6H2,(H,13,14)(H,15,16). The van der Waals surface area contributed by atoms with Crippen LogP contribution in [-0.2, 0) is 19.4 Å². The molecule has 0 heterocycles. The van der Waals surface area contributed by atoms with E-state index in [9.17, 15) is 9.59 Å². The molecule has 0 aliphatic heterocycles. The summed E-state index contributed by atoms with van der Waals surface area (Å²) >= 11 is 0. The van der Waals surface area contributed by atoms with E-state index < -0.39 is 25.0 Å². The van der Waals surface area contributed by atoms with E-state index in [0.717, 1.165) is 9.80 Å². The first-order valence-corrected chi connectivity index (χ1v) is 5.26. The molecule has 0 spiro atoms. The minimum atomic E-state index is -1.20. The molecule has 20 heavy (non-hydrogen) atoms. The van der Waals surface area contributed by atoms with E-state index >= 15 is 0 Å². The van der Waals surface area contributed by atoms with Crippen LogP contribution in [0.3, 0.4) is 0 Å². The molecule has 0 amide bonds. The van der Waals surface area contributed by atoms with Crippen molar-refractivity contribution in [3.05, 3.63) is 24.9 Å². The van der Waals surface area contributed by atoms with Crippen molar-refractivity contribution in [2.45, 2.75) is 0 Å². The van der Waals surface area contributed by atoms with Crippen molar-refractivity contribution in [3.63, 3.8) is 0 Å². The van der Waals surface area contributed by atoms with Crippen molar-refractivity contribution in [1.82, 2.24) is 9.80 Å². The second-order valence-electron chi connectivity index (χ2n) is 3.62. The third-order valence-electron chi connectivity index (χ3n) is 2.17. The van der Waals surface area contributed by atoms with Crippen molar-refractivity contribution < 1.29 is 40.1 Å². The molecule has 0 aliphatic rings. The highest BCUT2D eigenvalue weighted by Gasteiger charge is 2.19. The molecule has 0 aromatic rings. The Morgan fingerprint density at radius 1 is 0.900 bits per heavy atom. The molecule has 114 valence electrons. The molecule has 0 aromatic carbocycles. The SMILES string of the molecule is C=C(OO)N(CCN(CC(=O)O)CC(=O)O)C(=C)OO. The molecule has 0 saturated heterocycles. The summed E-state index contributed by atoms with van der Waals surface area (Å²) in [6, 6.07) is 0. The van der Waals surface area contributed by atoms with Crippen LogP contribution in [-0.4, -0.2) is 68.6 Å². The van der Waals surface area contributed by atoms with Gasteiger partial charge in [0.2, 0.25) is 11.8 Å². The van der Waals surface area contributed by atoms with E-state index in [1.807, 2.05) is 0 Å². The highest BCUT2D eigenvalue weighted by atomic mass is 17.1. The van der Waals surface area contributed by atoms with Crippen LogP contribution in [0.15, 0.2) is 24.9 Å². The highest BCUT2D eigenvalue weighted by Crippen LogP contribution is 2.10. The molecule has 0 fully saturated rings. The monoisotopic (exact) mass is 292 g/mol. The third-order valence-corrected chi connectivity index (χ3v) is 2.17. The average molecular weight is 292 g/mol. The smallest absolute Gasteiger partial charge is 0.317 e. The molecule has 0 unspecified atom stereocenters. The van der Waals surface area contributed by atoms with E-state index in [2.05, 4.69) is 22.9 Å². The van der Waals surface area contributed by atoms with Crippen molar-refractivity contribution in [1.29, 1.82) is 0 Å². The quantitative estimate of drug-likeness (QED) is 0.227. The molecule has 0 aromatic heterocycles. The number of hydrogen-bond acceptors (Lipinski definition) is 8. The number of nitrogens with zero attached hydrogens (tertiary/aromatic N) is 2. The lowest BCUT2D eigenvalue weighted by atomic mass is 10.4. The summed E-state index contributed by atoms with van der Waals surface area (Å²) in [4.78, 5) is 31.0. The van der Waals surface area contributed by atoms with Crippen molar-refractivity contribution in [3.8, 4) is 0 Å². The zero-order valence-corrected chi connectivity index (χ0v) is 10.6. The van der Waals surface area contributed by atoms with Gasteiger partial charge >= 0.3 is 11.9 Å². The maximum absolute atomic E-state index is 10.6. The fourth-order valence-electron chi connectivity index (χ4n) is 1.33. The molecule has 10 heteroatoms. The normalized spacial score (nSPS) is 9.95. The second-order valence-corrected chi connectivity index (χ2v) is 3.62. The van der Waals surface area contributed by atoms with Crippen LogP contribution in [0.25, 0.3) is 0 Å². The Bertz CT molecular complexity index is 351. The van der Waals surface area contributed by atoms with E-state index in [-0.39, 0.29) is 24.9 Å². The Morgan fingerprint density at radius 3 is 1.60 bits per heavy atom. The van der Waals surface area contributed by atoms with Crippen LogP contribution in [0, 0.1) is 0 Å². The first-order chi connectivity index (χ1) is 9.31. The molecule has 0 bridgehead atoms. The maximum atomic E-state index is 10.6. The number of hydrogen-bond donors (Lipinski definition) is 4. The molecule has 4 N–H and O–H groups in total. The van der Waals surface area contributed by atoms with Crippen LogP contribution < -0.4 is 0 Å². The lowest BCUT2D eigenvalue weighted by molar-refractivity contribution is -0.251. The summed E-state index contributed by atoms with van der Waals surface area (Å²) in [5, 5.41) is 34.3. The zero-order chi connectivity index (χ0) is 15.7. The molecular formula is C10H16N2O8. The number of carboxylic acids is 2. The first-order valence-electron chi connectivity index (χ1n) is 5.26. The molecule has 0 rings (SSSR count). The maximum Gasteiger partial charge on any atom is 0.317 e. The van der Waals surface area contributed by atoms with Crippen molar-refractivity contribution in [2.75, 3.05) is 26.2 Å². The van der Waals surface area contributed by atoms with Gasteiger partial charge in [-0.15, -0.1) is 0 Å². The molecular weight excluding hydrogens is 276 g/mol. The van der Waals surface area contributed by atoms with Crippen molar-refractivity contribution in [2.24, 2.45) is 0 Å². The topological polar surface area (TPSA) is 140 Å². The van der Waals surface area contributed by atoms with Gasteiger partial charge in [0.05, 0.1) is 13.1 Å². The predicted molar refractivity (Wildman–Crippen MR) is 64.1 cm³/mol. The number of aliphatic carboxylic acids is 2. The predicted octanol–water partition coefficient (Wildman–Crippen LogP) is -0.319. The Balaban J connectivity index is 4.67. The van der Waals surface area contributed by atoms with Gasteiger partial charge < -0.3 is 20.0 Å². The zero-order valence-electron chi connectivity index (χ0n) is 10.6. The Hall–Kier alpha value is -2.30. The third kappa shape index (κ3) is 6.58. The van der Waals surface area contributed by atoms with E-state index in [0.29, 0.717) is 0 Å². The van der Waals surface area contributed by atoms with Crippen molar-refractivity contribution >= 4 is 11.9 Å². The summed E-state index contributed by atoms with van der Waals surface area (Å²) in [6.45, 7) is 5.45. The van der Waals surface area contributed by atoms with Crippen LogP contribution in [0.2, 0.25) is 0 Å². The summed E-state index contributed by atoms with van der Waals surface area (Å²) in [6.07, 6.45) is 0. The lowest BCUT2D eigenvalue weighted by Crippen LogP contribution is -2.40. The molecule has 10 nitrogen and oxygen atoms in total. The highest BCUT2D eigenvalue weighted by molar-refractivity contribution is 5.72. The summed E-state index contributed by atoms with van der Waals surface area (Å²) < 4.78 is 0. The van der Waals surface area contributed by atoms with Crippen LogP contribution in [0.1, 0.15) is 0 Å². The summed E-state index contributed by atoms with van der Waals surface area (Å²) in [5.41, 5.74) is 0. The van der Waals surface area contributed by atoms with Gasteiger partial charge in [-0.2, -0.15) is 0 Å². The average Bonchev–Trinajstić information content (AvgIpc) is 2.36. The van der Waals surface area contributed by atoms with E-state index in [4.69, 9.17) is 20.7 Å². The first kappa shape index (κ1) is 17.7. The number of carbonyl (C=O) groups is 2. The van der Waals surface area contributed by atoms with Gasteiger partial charge in [0.25, 0.3) is 0 Å². The van der Waals surface area contributed by atoms with E-state index in [1.54, 1.807) is 0 Å². The lowest BCUT2D eigenvalue weighted by Gasteiger charge is -2.26. The molecule has 0 radical (unpaired) electrons. The van der Waals surface area contributed by atoms with Gasteiger partial charge in [-0.1, -0.05) is 0 Å². The minimum absolute atomic E-state index is 0.0522. The van der Waals surface area contributed by atoms with E-state index in [1.165, 1.54) is 0 Å². The number of carboxylic acid groups (broad SMARTS) is 2. The van der Waals surface area contributed by atoms with Crippen LogP contribution >= 0.6 is 0 Å². The molecule has 0 atom stereocenters. The summed E-state index contributed by atoms with van der Waals surface area (Å²) in [5.74, 6) is -3.08. The fraction of sp³-hybridized carbons (Fsp3) is 0.400. The molecule has 0 saturated carbocycles. The Kier molecular flexibility index (Phi) is 7.74. The minimum Gasteiger partial charge on any atom is -0.480 e. The Labute approximate surface area is 114 Å². The van der Waals surface area contributed by atoms with Gasteiger partial charge in [-0.05, 0) is 13.2 Å². The number of rotatable bonds is 11. The van der Waals surface area contributed by atoms with Gasteiger partial charge in [-0.25, -0.2) is 10.5 Å². The largest absolute Gasteiger partial charge is 0.480 e. The van der Waals surface area contributed by atoms with Crippen LogP contribution in [0.4, 0.5) is 0 Å². The van der Waals surface area contributed by atoms with Gasteiger partial charge in [0, 0.05) is 13.1 Å². The van der Waals surface area contributed by atoms with Gasteiger partial charge in [-0.3, -0.25) is 19.4 Å². The second kappa shape index (κ2) is 8.74. The van der Waals surface area contributed by atoms with Gasteiger partial charge in [0.15, 0.2) is 0 Å². The summed E-state index contributed by atoms with van der Waals surface area (Å²) in [7, 11) is 0. The fourth-order valence-corrected chi connectivity index (χ4v) is 1.33. The van der Waals surface area contributed by atoms with Crippen LogP contribution in [0.5, 0.6) is 0 Å².